The van der Waals surface area contributed by atoms with Crippen LogP contribution in [0.15, 0.2) is 17.0 Å². The maximum Gasteiger partial charge on any atom is 0.332 e. The average molecular weight is 256 g/mol. The van der Waals surface area contributed by atoms with Gasteiger partial charge in [-0.2, -0.15) is 8.42 Å². The van der Waals surface area contributed by atoms with Gasteiger partial charge in [-0.25, -0.2) is 0 Å². The molecule has 0 saturated heterocycles. The number of phenolic OH excluding ortho intramolecular Hbond substituents is 1. The van der Waals surface area contributed by atoms with E-state index in [-0.39, 0.29) is 0 Å². The Kier molecular flexibility index (Phi) is 2.82. The van der Waals surface area contributed by atoms with E-state index in [0.29, 0.717) is 12.1 Å². The van der Waals surface area contributed by atoms with Crippen LogP contribution in [0.3, 0.4) is 0 Å². The monoisotopic (exact) mass is 255 g/mol. The molecule has 0 aliphatic carbocycles. The standard InChI is InChI=1S/C6H3ClFNO5S/c7-4-1-3(15(8,13)14)2-5(6(4)10)9(11)12/h1-2,10H. The van der Waals surface area contributed by atoms with Crippen molar-refractivity contribution < 1.29 is 22.3 Å². The summed E-state index contributed by atoms with van der Waals surface area (Å²) in [4.78, 5) is 8.27. The van der Waals surface area contributed by atoms with Crippen LogP contribution in [-0.2, 0) is 10.2 Å². The van der Waals surface area contributed by atoms with Crippen molar-refractivity contribution >= 4 is 27.5 Å². The molecule has 0 bridgehead atoms. The van der Waals surface area contributed by atoms with Crippen LogP contribution < -0.4 is 0 Å². The molecule has 1 rings (SSSR count). The minimum atomic E-state index is -5.10. The van der Waals surface area contributed by atoms with Crippen LogP contribution in [-0.4, -0.2) is 18.4 Å². The summed E-state index contributed by atoms with van der Waals surface area (Å²) in [6.07, 6.45) is 0. The van der Waals surface area contributed by atoms with Gasteiger partial charge in [-0.3, -0.25) is 10.1 Å². The number of hydrogen-bond acceptors (Lipinski definition) is 5. The normalized spacial score (nSPS) is 11.3. The zero-order valence-corrected chi connectivity index (χ0v) is 8.42. The first-order valence-corrected chi connectivity index (χ1v) is 5.11. The predicted molar refractivity (Wildman–Crippen MR) is 48.1 cm³/mol. The van der Waals surface area contributed by atoms with Gasteiger partial charge in [0.25, 0.3) is 0 Å². The Balaban J connectivity index is 3.57. The molecule has 0 aliphatic heterocycles. The van der Waals surface area contributed by atoms with E-state index in [2.05, 4.69) is 0 Å². The second-order valence-electron chi connectivity index (χ2n) is 2.47. The van der Waals surface area contributed by atoms with Crippen molar-refractivity contribution in [2.24, 2.45) is 0 Å². The van der Waals surface area contributed by atoms with Crippen molar-refractivity contribution in [3.63, 3.8) is 0 Å². The highest BCUT2D eigenvalue weighted by atomic mass is 35.5. The Bertz CT molecular complexity index is 529. The molecule has 1 N–H and O–H groups in total. The van der Waals surface area contributed by atoms with Gasteiger partial charge < -0.3 is 5.11 Å². The van der Waals surface area contributed by atoms with Crippen LogP contribution in [0, 0.1) is 10.1 Å². The highest BCUT2D eigenvalue weighted by molar-refractivity contribution is 7.86. The van der Waals surface area contributed by atoms with Gasteiger partial charge in [0.1, 0.15) is 4.90 Å². The van der Waals surface area contributed by atoms with Gasteiger partial charge in [0.15, 0.2) is 0 Å². The van der Waals surface area contributed by atoms with Crippen molar-refractivity contribution in [1.82, 2.24) is 0 Å². The minimum Gasteiger partial charge on any atom is -0.501 e. The number of rotatable bonds is 2. The maximum atomic E-state index is 12.5. The van der Waals surface area contributed by atoms with E-state index in [1.54, 1.807) is 0 Å². The summed E-state index contributed by atoms with van der Waals surface area (Å²) < 4.78 is 33.4. The van der Waals surface area contributed by atoms with Gasteiger partial charge >= 0.3 is 15.9 Å². The number of aromatic hydroxyl groups is 1. The summed E-state index contributed by atoms with van der Waals surface area (Å²) in [7, 11) is -5.10. The Morgan fingerprint density at radius 3 is 2.40 bits per heavy atom. The lowest BCUT2D eigenvalue weighted by Gasteiger charge is -2.00. The smallest absolute Gasteiger partial charge is 0.332 e. The first-order chi connectivity index (χ1) is 6.73. The lowest BCUT2D eigenvalue weighted by molar-refractivity contribution is -0.386. The molecule has 82 valence electrons. The summed E-state index contributed by atoms with van der Waals surface area (Å²) in [5, 5.41) is 18.8. The number of nitro benzene ring substituents is 1. The molecule has 0 unspecified atom stereocenters. The zero-order valence-electron chi connectivity index (χ0n) is 6.85. The van der Waals surface area contributed by atoms with Crippen molar-refractivity contribution in [2.45, 2.75) is 4.90 Å². The lowest BCUT2D eigenvalue weighted by Crippen LogP contribution is -1.96. The molecular weight excluding hydrogens is 253 g/mol. The fourth-order valence-corrected chi connectivity index (χ4v) is 1.63. The van der Waals surface area contributed by atoms with Gasteiger partial charge in [-0.05, 0) is 6.07 Å². The summed E-state index contributed by atoms with van der Waals surface area (Å²) in [5.74, 6) is -0.908. The van der Waals surface area contributed by atoms with Crippen LogP contribution in [0.2, 0.25) is 5.02 Å². The molecule has 0 atom stereocenters. The number of nitro groups is 1. The number of hydrogen-bond donors (Lipinski definition) is 1. The third-order valence-corrected chi connectivity index (χ3v) is 2.58. The van der Waals surface area contributed by atoms with E-state index in [1.807, 2.05) is 0 Å². The molecular formula is C6H3ClFNO5S. The van der Waals surface area contributed by atoms with E-state index in [4.69, 9.17) is 16.7 Å². The molecule has 1 aromatic rings. The van der Waals surface area contributed by atoms with E-state index in [0.717, 1.165) is 0 Å². The number of benzene rings is 1. The molecule has 6 nitrogen and oxygen atoms in total. The summed E-state index contributed by atoms with van der Waals surface area (Å²) in [6.45, 7) is 0. The summed E-state index contributed by atoms with van der Waals surface area (Å²) in [5.41, 5.74) is -0.973. The van der Waals surface area contributed by atoms with Crippen LogP contribution in [0.5, 0.6) is 5.75 Å². The van der Waals surface area contributed by atoms with Gasteiger partial charge in [-0.1, -0.05) is 11.6 Å². The molecule has 0 aromatic heterocycles. The average Bonchev–Trinajstić information content (AvgIpc) is 2.06. The van der Waals surface area contributed by atoms with Crippen molar-refractivity contribution in [1.29, 1.82) is 0 Å². The number of phenols is 1. The fourth-order valence-electron chi connectivity index (χ4n) is 0.840. The van der Waals surface area contributed by atoms with Gasteiger partial charge in [0.05, 0.1) is 9.95 Å². The van der Waals surface area contributed by atoms with E-state index in [9.17, 15) is 22.4 Å². The van der Waals surface area contributed by atoms with Crippen LogP contribution in [0.4, 0.5) is 9.57 Å². The third kappa shape index (κ3) is 2.34. The molecule has 0 heterocycles. The van der Waals surface area contributed by atoms with Crippen molar-refractivity contribution in [3.8, 4) is 5.75 Å². The second-order valence-corrected chi connectivity index (χ2v) is 4.22. The molecule has 1 aromatic carbocycles. The Morgan fingerprint density at radius 2 is 2.00 bits per heavy atom. The Morgan fingerprint density at radius 1 is 1.47 bits per heavy atom. The highest BCUT2D eigenvalue weighted by Gasteiger charge is 2.23. The molecule has 0 radical (unpaired) electrons. The molecule has 0 saturated carbocycles. The Hall–Kier alpha value is -1.41. The molecule has 0 fully saturated rings. The van der Waals surface area contributed by atoms with E-state index in [1.165, 1.54) is 0 Å². The molecule has 0 spiro atoms. The van der Waals surface area contributed by atoms with Crippen LogP contribution in [0.25, 0.3) is 0 Å². The van der Waals surface area contributed by atoms with E-state index < -0.39 is 36.5 Å². The topological polar surface area (TPSA) is 97.5 Å². The first-order valence-electron chi connectivity index (χ1n) is 3.35. The third-order valence-electron chi connectivity index (χ3n) is 1.50. The number of nitrogens with zero attached hydrogens (tertiary/aromatic N) is 1. The summed E-state index contributed by atoms with van der Waals surface area (Å²) in [6, 6.07) is 0.968. The van der Waals surface area contributed by atoms with Gasteiger partial charge in [0.2, 0.25) is 5.75 Å². The highest BCUT2D eigenvalue weighted by Crippen LogP contribution is 2.36. The minimum absolute atomic E-state index is 0.385. The zero-order chi connectivity index (χ0) is 11.8. The molecule has 9 heteroatoms. The van der Waals surface area contributed by atoms with Gasteiger partial charge in [0, 0.05) is 6.07 Å². The van der Waals surface area contributed by atoms with Crippen LogP contribution in [0.1, 0.15) is 0 Å². The van der Waals surface area contributed by atoms with Crippen LogP contribution >= 0.6 is 11.6 Å². The molecule has 0 amide bonds. The largest absolute Gasteiger partial charge is 0.501 e. The molecule has 0 aliphatic rings. The van der Waals surface area contributed by atoms with Crippen molar-refractivity contribution in [2.75, 3.05) is 0 Å². The lowest BCUT2D eigenvalue weighted by atomic mass is 10.3. The Labute approximate surface area is 88.3 Å². The van der Waals surface area contributed by atoms with Crippen molar-refractivity contribution in [3.05, 3.63) is 27.3 Å². The summed E-state index contributed by atoms with van der Waals surface area (Å²) >= 11 is 5.28. The molecule has 15 heavy (non-hydrogen) atoms. The fraction of sp³-hybridized carbons (Fsp3) is 0. The predicted octanol–water partition coefficient (Wildman–Crippen LogP) is 1.61. The quantitative estimate of drug-likeness (QED) is 0.492. The number of halogens is 2. The maximum absolute atomic E-state index is 12.5. The van der Waals surface area contributed by atoms with E-state index >= 15 is 0 Å². The van der Waals surface area contributed by atoms with Gasteiger partial charge in [-0.15, -0.1) is 3.89 Å². The first kappa shape index (κ1) is 11.7. The SMILES string of the molecule is O=[N+]([O-])c1cc(S(=O)(=O)F)cc(Cl)c1O. The second kappa shape index (κ2) is 3.63.